The molecule has 1 amide bonds. The van der Waals surface area contributed by atoms with Crippen molar-refractivity contribution in [2.45, 2.75) is 160 Å². The number of piperidine rings is 1. The van der Waals surface area contributed by atoms with Gasteiger partial charge in [0.25, 0.3) is 18.2 Å². The third-order valence-corrected chi connectivity index (χ3v) is 13.1. The molecule has 1 saturated carbocycles. The number of carbonyl (C=O) groups excluding carboxylic acids is 5. The van der Waals surface area contributed by atoms with E-state index < -0.39 is 83.9 Å². The predicted molar refractivity (Wildman–Crippen MR) is 218 cm³/mol. The molecule has 2 saturated heterocycles. The Kier molecular flexibility index (Phi) is 18.1. The van der Waals surface area contributed by atoms with Crippen molar-refractivity contribution >= 4 is 29.9 Å². The van der Waals surface area contributed by atoms with E-state index in [4.69, 9.17) is 28.4 Å². The number of hydrogen-bond donors (Lipinski definition) is 2. The minimum Gasteiger partial charge on any atom is -0.462 e. The summed E-state index contributed by atoms with van der Waals surface area (Å²) in [6.45, 7) is 13.5. The molecule has 4 aliphatic rings. The van der Waals surface area contributed by atoms with Gasteiger partial charge in [-0.3, -0.25) is 19.2 Å². The van der Waals surface area contributed by atoms with E-state index in [0.717, 1.165) is 5.57 Å². The molecule has 0 aromatic carbocycles. The number of cyclic esters (lactones) is 1. The zero-order chi connectivity index (χ0) is 43.6. The van der Waals surface area contributed by atoms with Crippen molar-refractivity contribution in [3.05, 3.63) is 36.0 Å². The molecule has 0 aromatic rings. The number of Topliss-reactive ketones (excluding diaryl/α,β-unsaturated/α-hetero) is 2. The average molecular weight is 832 g/mol. The Morgan fingerprint density at radius 3 is 2.27 bits per heavy atom. The predicted octanol–water partition coefficient (Wildman–Crippen LogP) is 4.82. The summed E-state index contributed by atoms with van der Waals surface area (Å²) in [5.74, 6) is -7.91. The normalized spacial score (nSPS) is 39.8. The standard InChI is InChI=1S/C45H69NO13/c1-10-13-32-19-26(2)18-27(3)20-38(55-8)41-39(56-9)22-29(5)45(53,59-41)42(50)43(51)46-17-12-11-14-33(46)44(52)58-40(30(6)34(48)24-35(32)49)28(4)21-31-15-16-36(57-25-47)37(23-31)54-7/h10,19,21,25,27,29-34,36-41,48,53H,1,11-18,20,22-24H2,2-9H3/b26-19+,28-21+/t27-,29+,30+,31-,32+,33-,34-,36+,37+,38-,39-,40+,41+,45+/m0/s1. The van der Waals surface area contributed by atoms with Crippen molar-refractivity contribution in [3.8, 4) is 0 Å². The van der Waals surface area contributed by atoms with E-state index in [-0.39, 0.29) is 49.5 Å². The second-order valence-electron chi connectivity index (χ2n) is 17.5. The summed E-state index contributed by atoms with van der Waals surface area (Å²) in [4.78, 5) is 69.1. The highest BCUT2D eigenvalue weighted by Gasteiger charge is 2.56. The fourth-order valence-electron chi connectivity index (χ4n) is 9.63. The summed E-state index contributed by atoms with van der Waals surface area (Å²) in [5, 5.41) is 23.8. The number of carbonyl (C=O) groups is 5. The molecule has 14 atom stereocenters. The van der Waals surface area contributed by atoms with Crippen LogP contribution in [0.15, 0.2) is 36.0 Å². The zero-order valence-electron chi connectivity index (χ0n) is 36.3. The molecule has 3 aliphatic heterocycles. The van der Waals surface area contributed by atoms with Gasteiger partial charge in [0.15, 0.2) is 0 Å². The SMILES string of the molecule is C=CC[C@@H]1/C=C(\C)C[C@H](C)C[C@H](OC)[C@H]2O[C@@](O)(C(=O)C(=O)N3CCCC[C@H]3C(=O)O[C@H](/C(C)=C/[C@@H]3CC[C@@H](OC=O)[C@H](OC)C3)[C@H](C)[C@@H](O)CC1=O)[C@H](C)C[C@@H]2OC. The minimum atomic E-state index is -2.52. The molecule has 2 bridgehead atoms. The lowest BCUT2D eigenvalue weighted by molar-refractivity contribution is -0.302. The van der Waals surface area contributed by atoms with Gasteiger partial charge in [0.2, 0.25) is 5.79 Å². The van der Waals surface area contributed by atoms with Crippen LogP contribution in [0.3, 0.4) is 0 Å². The van der Waals surface area contributed by atoms with Gasteiger partial charge in [-0.1, -0.05) is 44.6 Å². The number of hydrogen-bond acceptors (Lipinski definition) is 13. The van der Waals surface area contributed by atoms with Gasteiger partial charge < -0.3 is 43.5 Å². The first-order chi connectivity index (χ1) is 28.0. The average Bonchev–Trinajstić information content (AvgIpc) is 3.21. The van der Waals surface area contributed by atoms with Crippen LogP contribution in [0.1, 0.15) is 105 Å². The molecule has 1 aliphatic carbocycles. The van der Waals surface area contributed by atoms with Gasteiger partial charge in [0.1, 0.15) is 30.1 Å². The highest BCUT2D eigenvalue weighted by atomic mass is 16.7. The Bertz CT molecular complexity index is 1540. The van der Waals surface area contributed by atoms with Gasteiger partial charge in [-0.2, -0.15) is 0 Å². The van der Waals surface area contributed by atoms with Crippen LogP contribution in [0.4, 0.5) is 0 Å². The van der Waals surface area contributed by atoms with E-state index in [2.05, 4.69) is 6.58 Å². The summed E-state index contributed by atoms with van der Waals surface area (Å²) >= 11 is 0. The number of amides is 1. The summed E-state index contributed by atoms with van der Waals surface area (Å²) in [6.07, 6.45) is 4.95. The van der Waals surface area contributed by atoms with Gasteiger partial charge >= 0.3 is 5.97 Å². The maximum absolute atomic E-state index is 14.4. The van der Waals surface area contributed by atoms with Gasteiger partial charge in [-0.15, -0.1) is 6.58 Å². The second kappa shape index (κ2) is 22.0. The molecule has 0 spiro atoms. The number of ketones is 2. The largest absolute Gasteiger partial charge is 0.462 e. The second-order valence-corrected chi connectivity index (χ2v) is 17.5. The monoisotopic (exact) mass is 831 g/mol. The van der Waals surface area contributed by atoms with Gasteiger partial charge in [0.05, 0.1) is 24.4 Å². The molecule has 4 rings (SSSR count). The molecule has 0 unspecified atom stereocenters. The Balaban J connectivity index is 1.77. The van der Waals surface area contributed by atoms with Crippen molar-refractivity contribution in [3.63, 3.8) is 0 Å². The lowest BCUT2D eigenvalue weighted by Gasteiger charge is -2.47. The van der Waals surface area contributed by atoms with Crippen molar-refractivity contribution in [1.82, 2.24) is 4.90 Å². The Morgan fingerprint density at radius 1 is 0.949 bits per heavy atom. The first-order valence-electron chi connectivity index (χ1n) is 21.3. The van der Waals surface area contributed by atoms with E-state index in [1.54, 1.807) is 34.0 Å². The minimum absolute atomic E-state index is 0.000778. The molecular weight excluding hydrogens is 762 g/mol. The van der Waals surface area contributed by atoms with Crippen LogP contribution >= 0.6 is 0 Å². The number of rotatable bonds is 9. The Morgan fingerprint density at radius 2 is 1.63 bits per heavy atom. The number of fused-ring (bicyclic) bond motifs is 3. The Hall–Kier alpha value is -3.27. The van der Waals surface area contributed by atoms with Crippen molar-refractivity contribution in [1.29, 1.82) is 0 Å². The summed E-state index contributed by atoms with van der Waals surface area (Å²) in [5.41, 5.74) is 1.58. The van der Waals surface area contributed by atoms with Crippen LogP contribution in [0.25, 0.3) is 0 Å². The van der Waals surface area contributed by atoms with Crippen LogP contribution in [-0.4, -0.2) is 127 Å². The van der Waals surface area contributed by atoms with Crippen molar-refractivity contribution < 1.29 is 62.6 Å². The van der Waals surface area contributed by atoms with E-state index in [0.29, 0.717) is 63.4 Å². The molecule has 0 radical (unpaired) electrons. The third kappa shape index (κ3) is 11.8. The quantitative estimate of drug-likeness (QED) is 0.140. The summed E-state index contributed by atoms with van der Waals surface area (Å²) < 4.78 is 35.1. The lowest BCUT2D eigenvalue weighted by Crippen LogP contribution is -2.64. The topological polar surface area (TPSA) is 184 Å². The number of nitrogens with zero attached hydrogens (tertiary/aromatic N) is 1. The van der Waals surface area contributed by atoms with Crippen LogP contribution in [-0.2, 0) is 52.4 Å². The van der Waals surface area contributed by atoms with Crippen molar-refractivity contribution in [2.75, 3.05) is 27.9 Å². The van der Waals surface area contributed by atoms with Crippen LogP contribution in [0.5, 0.6) is 0 Å². The molecule has 0 aromatic heterocycles. The number of esters is 1. The highest BCUT2D eigenvalue weighted by Crippen LogP contribution is 2.39. The number of aliphatic hydroxyl groups is 2. The molecule has 3 fully saturated rings. The highest BCUT2D eigenvalue weighted by molar-refractivity contribution is 6.39. The van der Waals surface area contributed by atoms with Crippen LogP contribution < -0.4 is 0 Å². The molecule has 14 heteroatoms. The first kappa shape index (κ1) is 48.4. The number of allylic oxidation sites excluding steroid dienone is 4. The molecule has 14 nitrogen and oxygen atoms in total. The molecule has 2 N–H and O–H groups in total. The van der Waals surface area contributed by atoms with E-state index in [9.17, 15) is 34.2 Å². The number of ether oxygens (including phenoxy) is 6. The smallest absolute Gasteiger partial charge is 0.329 e. The molecule has 3 heterocycles. The summed E-state index contributed by atoms with van der Waals surface area (Å²) in [6, 6.07) is -1.16. The van der Waals surface area contributed by atoms with E-state index in [1.807, 2.05) is 26.0 Å². The van der Waals surface area contributed by atoms with E-state index >= 15 is 0 Å². The maximum Gasteiger partial charge on any atom is 0.329 e. The fraction of sp³-hybridized carbons (Fsp3) is 0.756. The Labute approximate surface area is 350 Å². The van der Waals surface area contributed by atoms with Crippen LogP contribution in [0.2, 0.25) is 0 Å². The maximum atomic E-state index is 14.4. The number of methoxy groups -OCH3 is 3. The van der Waals surface area contributed by atoms with Crippen LogP contribution in [0, 0.1) is 29.6 Å². The molecular formula is C45H69NO13. The fourth-order valence-corrected chi connectivity index (χ4v) is 9.63. The third-order valence-electron chi connectivity index (χ3n) is 13.1. The lowest BCUT2D eigenvalue weighted by atomic mass is 9.81. The van der Waals surface area contributed by atoms with Crippen molar-refractivity contribution in [2.24, 2.45) is 29.6 Å². The first-order valence-corrected chi connectivity index (χ1v) is 21.3. The van der Waals surface area contributed by atoms with Gasteiger partial charge in [0, 0.05) is 52.0 Å². The summed E-state index contributed by atoms with van der Waals surface area (Å²) in [7, 11) is 4.60. The van der Waals surface area contributed by atoms with Gasteiger partial charge in [-0.25, -0.2) is 4.79 Å². The van der Waals surface area contributed by atoms with Gasteiger partial charge in [-0.05, 0) is 95.5 Å². The molecule has 332 valence electrons. The van der Waals surface area contributed by atoms with E-state index in [1.165, 1.54) is 19.1 Å². The zero-order valence-corrected chi connectivity index (χ0v) is 36.3. The number of aliphatic hydroxyl groups excluding tert-OH is 1. The molecule has 59 heavy (non-hydrogen) atoms.